The van der Waals surface area contributed by atoms with Gasteiger partial charge < -0.3 is 41.5 Å². The lowest BCUT2D eigenvalue weighted by atomic mass is 10.0. The van der Waals surface area contributed by atoms with Gasteiger partial charge in [-0.15, -0.1) is 0 Å². The summed E-state index contributed by atoms with van der Waals surface area (Å²) >= 11 is 0. The van der Waals surface area contributed by atoms with Gasteiger partial charge in [-0.2, -0.15) is 0 Å². The molecule has 0 aliphatic carbocycles. The van der Waals surface area contributed by atoms with Crippen LogP contribution in [0.4, 0.5) is 0 Å². The molecule has 0 spiro atoms. The number of hydrogen-bond acceptors (Lipinski definition) is 9. The minimum absolute atomic E-state index is 0.386. The van der Waals surface area contributed by atoms with Crippen LogP contribution in [-0.2, 0) is 19.2 Å². The van der Waals surface area contributed by atoms with E-state index in [4.69, 9.17) is 15.3 Å². The molecule has 3 atom stereocenters. The van der Waals surface area contributed by atoms with Gasteiger partial charge in [-0.25, -0.2) is 0 Å². The van der Waals surface area contributed by atoms with Crippen molar-refractivity contribution in [1.29, 1.82) is 0 Å². The van der Waals surface area contributed by atoms with Crippen LogP contribution in [0.1, 0.15) is 0 Å². The molecule has 0 fully saturated rings. The second-order valence-electron chi connectivity index (χ2n) is 4.70. The van der Waals surface area contributed by atoms with Gasteiger partial charge >= 0.3 is 5.97 Å². The maximum Gasteiger partial charge on any atom is 0.322 e. The molecular weight excluding hydrogens is 330 g/mol. The van der Waals surface area contributed by atoms with E-state index in [1.54, 1.807) is 0 Å². The van der Waals surface area contributed by atoms with Gasteiger partial charge in [-0.3, -0.25) is 19.2 Å². The standard InChI is InChI=1S/C12H21N3O9/c16-5-7(18)12(24)11(23)6(17)1-13-2-8(19)14-3-9(20)15-4-10(21)22/h7,11-13,16,18,23-24H,1-5H2,(H,14,19)(H,15,20)(H,21,22)/t7-,11-,12-/m1/s1. The Labute approximate surface area is 136 Å². The lowest BCUT2D eigenvalue weighted by Gasteiger charge is -2.20. The predicted molar refractivity (Wildman–Crippen MR) is 76.6 cm³/mol. The molecule has 0 rings (SSSR count). The topological polar surface area (TPSA) is 206 Å². The number of aliphatic hydroxyl groups is 4. The van der Waals surface area contributed by atoms with E-state index < -0.39 is 68.1 Å². The SMILES string of the molecule is O=C(O)CNC(=O)CNC(=O)CNCC(=O)[C@@H](O)[C@H](O)[C@H](O)CO. The fourth-order valence-electron chi connectivity index (χ4n) is 1.39. The van der Waals surface area contributed by atoms with E-state index in [1.165, 1.54) is 0 Å². The van der Waals surface area contributed by atoms with E-state index in [2.05, 4.69) is 10.6 Å². The lowest BCUT2D eigenvalue weighted by Crippen LogP contribution is -2.48. The Hall–Kier alpha value is -2.12. The molecule has 0 heterocycles. The van der Waals surface area contributed by atoms with Crippen molar-refractivity contribution in [3.63, 3.8) is 0 Å². The predicted octanol–water partition coefficient (Wildman–Crippen LogP) is -5.46. The Bertz CT molecular complexity index is 457. The largest absolute Gasteiger partial charge is 0.480 e. The number of hydrogen-bond donors (Lipinski definition) is 8. The number of ketones is 1. The molecule has 0 aliphatic rings. The molecule has 12 heteroatoms. The van der Waals surface area contributed by atoms with E-state index in [1.807, 2.05) is 5.32 Å². The van der Waals surface area contributed by atoms with Crippen molar-refractivity contribution in [2.75, 3.05) is 32.8 Å². The van der Waals surface area contributed by atoms with Crippen molar-refractivity contribution in [2.24, 2.45) is 0 Å². The summed E-state index contributed by atoms with van der Waals surface area (Å²) in [6, 6.07) is 0. The molecule has 24 heavy (non-hydrogen) atoms. The zero-order valence-corrected chi connectivity index (χ0v) is 12.6. The third kappa shape index (κ3) is 9.12. The van der Waals surface area contributed by atoms with Gasteiger partial charge in [0.1, 0.15) is 24.9 Å². The minimum Gasteiger partial charge on any atom is -0.480 e. The molecule has 0 aromatic heterocycles. The highest BCUT2D eigenvalue weighted by Gasteiger charge is 2.29. The average Bonchev–Trinajstić information content (AvgIpc) is 2.55. The molecule has 0 aromatic carbocycles. The van der Waals surface area contributed by atoms with Crippen LogP contribution >= 0.6 is 0 Å². The summed E-state index contributed by atoms with van der Waals surface area (Å²) in [4.78, 5) is 44.2. The van der Waals surface area contributed by atoms with Gasteiger partial charge in [0.15, 0.2) is 5.78 Å². The number of aliphatic carboxylic acids is 1. The maximum atomic E-state index is 11.5. The van der Waals surface area contributed by atoms with Crippen molar-refractivity contribution < 1.29 is 44.7 Å². The summed E-state index contributed by atoms with van der Waals surface area (Å²) < 4.78 is 0. The lowest BCUT2D eigenvalue weighted by molar-refractivity contribution is -0.139. The summed E-state index contributed by atoms with van der Waals surface area (Å²) in [5.74, 6) is -3.53. The van der Waals surface area contributed by atoms with Crippen molar-refractivity contribution in [2.45, 2.75) is 18.3 Å². The van der Waals surface area contributed by atoms with Gasteiger partial charge in [0.05, 0.1) is 26.2 Å². The molecule has 2 amide bonds. The summed E-state index contributed by atoms with van der Waals surface area (Å²) in [5.41, 5.74) is 0. The number of amides is 2. The summed E-state index contributed by atoms with van der Waals surface area (Å²) in [5, 5.41) is 51.3. The maximum absolute atomic E-state index is 11.5. The molecule has 0 unspecified atom stereocenters. The zero-order valence-electron chi connectivity index (χ0n) is 12.6. The number of carboxylic acids is 1. The van der Waals surface area contributed by atoms with Crippen LogP contribution in [0.2, 0.25) is 0 Å². The van der Waals surface area contributed by atoms with E-state index in [0.29, 0.717) is 0 Å². The summed E-state index contributed by atoms with van der Waals surface area (Å²) in [6.07, 6.45) is -5.49. The molecule has 12 nitrogen and oxygen atoms in total. The molecule has 0 saturated heterocycles. The molecule has 0 aromatic rings. The fourth-order valence-corrected chi connectivity index (χ4v) is 1.39. The molecule has 0 radical (unpaired) electrons. The van der Waals surface area contributed by atoms with Crippen LogP contribution in [-0.4, -0.2) is 100 Å². The Balaban J connectivity index is 3.97. The van der Waals surface area contributed by atoms with Gasteiger partial charge in [-0.05, 0) is 0 Å². The monoisotopic (exact) mass is 351 g/mol. The number of carbonyl (C=O) groups is 4. The van der Waals surface area contributed by atoms with Gasteiger partial charge in [0, 0.05) is 0 Å². The molecule has 0 bridgehead atoms. The van der Waals surface area contributed by atoms with Crippen LogP contribution in [0, 0.1) is 0 Å². The van der Waals surface area contributed by atoms with E-state index in [-0.39, 0.29) is 6.54 Å². The first-order chi connectivity index (χ1) is 11.2. The van der Waals surface area contributed by atoms with Crippen LogP contribution in [0.3, 0.4) is 0 Å². The Kier molecular flexibility index (Phi) is 10.4. The second-order valence-corrected chi connectivity index (χ2v) is 4.70. The number of aliphatic hydroxyl groups excluding tert-OH is 4. The van der Waals surface area contributed by atoms with Crippen molar-refractivity contribution in [3.05, 3.63) is 0 Å². The normalized spacial score (nSPS) is 14.3. The molecule has 8 N–H and O–H groups in total. The van der Waals surface area contributed by atoms with Crippen LogP contribution in [0.5, 0.6) is 0 Å². The first-order valence-corrected chi connectivity index (χ1v) is 6.82. The summed E-state index contributed by atoms with van der Waals surface area (Å²) in [6.45, 7) is -2.77. The van der Waals surface area contributed by atoms with Crippen molar-refractivity contribution >= 4 is 23.6 Å². The van der Waals surface area contributed by atoms with Crippen molar-refractivity contribution in [3.8, 4) is 0 Å². The first kappa shape index (κ1) is 21.9. The van der Waals surface area contributed by atoms with E-state index in [9.17, 15) is 29.4 Å². The number of rotatable bonds is 12. The third-order valence-corrected chi connectivity index (χ3v) is 2.70. The number of nitrogens with one attached hydrogen (secondary N) is 3. The molecule has 0 saturated carbocycles. The van der Waals surface area contributed by atoms with Crippen LogP contribution in [0.15, 0.2) is 0 Å². The van der Waals surface area contributed by atoms with Crippen molar-refractivity contribution in [1.82, 2.24) is 16.0 Å². The minimum atomic E-state index is -1.94. The number of Topliss-reactive ketones (excluding diaryl/α,β-unsaturated/α-hetero) is 1. The first-order valence-electron chi connectivity index (χ1n) is 6.82. The van der Waals surface area contributed by atoms with Gasteiger partial charge in [-0.1, -0.05) is 0 Å². The average molecular weight is 351 g/mol. The fraction of sp³-hybridized carbons (Fsp3) is 0.667. The van der Waals surface area contributed by atoms with E-state index >= 15 is 0 Å². The second kappa shape index (κ2) is 11.4. The highest BCUT2D eigenvalue weighted by molar-refractivity contribution is 5.88. The molecule has 0 aliphatic heterocycles. The Morgan fingerprint density at radius 2 is 1.38 bits per heavy atom. The van der Waals surface area contributed by atoms with Gasteiger partial charge in [0.2, 0.25) is 11.8 Å². The molecular formula is C12H21N3O9. The zero-order chi connectivity index (χ0) is 18.7. The highest BCUT2D eigenvalue weighted by Crippen LogP contribution is 2.00. The Morgan fingerprint density at radius 1 is 0.833 bits per heavy atom. The quantitative estimate of drug-likeness (QED) is 0.167. The van der Waals surface area contributed by atoms with Crippen LogP contribution < -0.4 is 16.0 Å². The number of carboxylic acid groups (broad SMARTS) is 1. The van der Waals surface area contributed by atoms with Crippen LogP contribution in [0.25, 0.3) is 0 Å². The smallest absolute Gasteiger partial charge is 0.322 e. The number of carbonyl (C=O) groups excluding carboxylic acids is 3. The van der Waals surface area contributed by atoms with Gasteiger partial charge in [0.25, 0.3) is 0 Å². The Morgan fingerprint density at radius 3 is 1.92 bits per heavy atom. The highest BCUT2D eigenvalue weighted by atomic mass is 16.4. The molecule has 138 valence electrons. The summed E-state index contributed by atoms with van der Waals surface area (Å²) in [7, 11) is 0. The van der Waals surface area contributed by atoms with E-state index in [0.717, 1.165) is 0 Å². The third-order valence-electron chi connectivity index (χ3n) is 2.70.